The van der Waals surface area contributed by atoms with Crippen molar-refractivity contribution in [2.45, 2.75) is 42.9 Å². The fourth-order valence-electron chi connectivity index (χ4n) is 5.83. The maximum absolute atomic E-state index is 13.1. The van der Waals surface area contributed by atoms with Gasteiger partial charge in [0.2, 0.25) is 5.88 Å². The van der Waals surface area contributed by atoms with Gasteiger partial charge in [0.25, 0.3) is 10.2 Å². The molecule has 1 saturated carbocycles. The highest BCUT2D eigenvalue weighted by atomic mass is 32.2. The topological polar surface area (TPSA) is 111 Å². The number of benzene rings is 1. The number of aromatic nitrogens is 2. The summed E-state index contributed by atoms with van der Waals surface area (Å²) in [4.78, 5) is 0. The Balaban J connectivity index is 1.43. The van der Waals surface area contributed by atoms with Crippen molar-refractivity contribution in [1.82, 2.24) is 18.8 Å². The molecule has 1 aromatic carbocycles. The summed E-state index contributed by atoms with van der Waals surface area (Å²) in [6, 6.07) is 6.18. The van der Waals surface area contributed by atoms with Gasteiger partial charge in [-0.25, -0.2) is 4.68 Å². The van der Waals surface area contributed by atoms with Gasteiger partial charge in [0.1, 0.15) is 6.54 Å². The molecule has 2 bridgehead atoms. The molecule has 0 radical (unpaired) electrons. The number of hydrogen-bond acceptors (Lipinski definition) is 6. The lowest BCUT2D eigenvalue weighted by atomic mass is 9.79. The van der Waals surface area contributed by atoms with E-state index >= 15 is 0 Å². The van der Waals surface area contributed by atoms with Crippen LogP contribution in [0.2, 0.25) is 0 Å². The second kappa shape index (κ2) is 8.56. The third-order valence-electron chi connectivity index (χ3n) is 7.52. The number of aryl methyl sites for hydroxylation is 1. The standard InChI is InChI=1S/C21H22F6N4O5S2/c1-30-18(36-37(32,33)21(25,26)27)9-17(28-30)13-3-2-12-7-15-4-5-16(8-14(12)6-13)19(15)10-31(11-20(22,23)24)38(34,35)29-19/h2-3,6,9,15-16,29H,4-5,7-8,10-11H2,1H3/t15-,16+,19+/m0/s1. The summed E-state index contributed by atoms with van der Waals surface area (Å²) in [5.41, 5.74) is -4.39. The second-order valence-electron chi connectivity index (χ2n) is 9.87. The highest BCUT2D eigenvalue weighted by Gasteiger charge is 2.60. The van der Waals surface area contributed by atoms with Crippen molar-refractivity contribution < 1.29 is 47.4 Å². The molecule has 5 rings (SSSR count). The minimum absolute atomic E-state index is 0.143. The number of halogens is 6. The van der Waals surface area contributed by atoms with Crippen LogP contribution >= 0.6 is 0 Å². The molecule has 2 heterocycles. The molecule has 3 atom stereocenters. The summed E-state index contributed by atoms with van der Waals surface area (Å²) in [5.74, 6) is -1.15. The monoisotopic (exact) mass is 588 g/mol. The summed E-state index contributed by atoms with van der Waals surface area (Å²) in [6.45, 7) is -1.87. The lowest BCUT2D eigenvalue weighted by molar-refractivity contribution is -0.136. The average Bonchev–Trinajstić information content (AvgIpc) is 3.31. The van der Waals surface area contributed by atoms with E-state index < -0.39 is 50.0 Å². The van der Waals surface area contributed by atoms with Gasteiger partial charge in [-0.1, -0.05) is 12.1 Å². The molecule has 9 nitrogen and oxygen atoms in total. The predicted octanol–water partition coefficient (Wildman–Crippen LogP) is 2.89. The predicted molar refractivity (Wildman–Crippen MR) is 120 cm³/mol. The highest BCUT2D eigenvalue weighted by Crippen LogP contribution is 2.51. The van der Waals surface area contributed by atoms with Crippen molar-refractivity contribution in [3.63, 3.8) is 0 Å². The van der Waals surface area contributed by atoms with Crippen molar-refractivity contribution in [3.05, 3.63) is 35.4 Å². The summed E-state index contributed by atoms with van der Waals surface area (Å²) >= 11 is 0. The van der Waals surface area contributed by atoms with E-state index in [0.29, 0.717) is 35.6 Å². The van der Waals surface area contributed by atoms with Gasteiger partial charge < -0.3 is 4.18 Å². The van der Waals surface area contributed by atoms with Crippen molar-refractivity contribution in [1.29, 1.82) is 0 Å². The van der Waals surface area contributed by atoms with Crippen LogP contribution in [0.3, 0.4) is 0 Å². The zero-order valence-electron chi connectivity index (χ0n) is 19.7. The van der Waals surface area contributed by atoms with E-state index in [-0.39, 0.29) is 24.1 Å². The van der Waals surface area contributed by atoms with Crippen LogP contribution in [-0.2, 0) is 40.2 Å². The maximum atomic E-state index is 13.1. The molecule has 1 aliphatic heterocycles. The van der Waals surface area contributed by atoms with E-state index in [2.05, 4.69) is 14.0 Å². The van der Waals surface area contributed by atoms with Gasteiger partial charge >= 0.3 is 21.8 Å². The van der Waals surface area contributed by atoms with E-state index in [9.17, 15) is 43.2 Å². The third-order valence-corrected chi connectivity index (χ3v) is 10.1. The van der Waals surface area contributed by atoms with E-state index in [1.165, 1.54) is 7.05 Å². The molecule has 210 valence electrons. The molecule has 1 N–H and O–H groups in total. The first-order valence-electron chi connectivity index (χ1n) is 11.4. The lowest BCUT2D eigenvalue weighted by Gasteiger charge is -2.33. The lowest BCUT2D eigenvalue weighted by Crippen LogP contribution is -2.52. The summed E-state index contributed by atoms with van der Waals surface area (Å²) < 4.78 is 133. The largest absolute Gasteiger partial charge is 0.534 e. The van der Waals surface area contributed by atoms with Gasteiger partial charge in [0.05, 0.1) is 11.2 Å². The van der Waals surface area contributed by atoms with Gasteiger partial charge in [-0.05, 0) is 54.7 Å². The SMILES string of the molecule is Cn1nc(-c2ccc3c(c2)C[C@H]2CC[C@@H](C3)[C@]23CN(CC(F)(F)F)S(=O)(=O)N3)cc1OS(=O)(=O)C(F)(F)F. The fourth-order valence-corrected chi connectivity index (χ4v) is 8.02. The summed E-state index contributed by atoms with van der Waals surface area (Å²) in [5, 5.41) is 4.06. The molecule has 1 saturated heterocycles. The Morgan fingerprint density at radius 1 is 1.08 bits per heavy atom. The Morgan fingerprint density at radius 3 is 2.32 bits per heavy atom. The molecule has 38 heavy (non-hydrogen) atoms. The molecule has 2 fully saturated rings. The molecule has 2 aromatic rings. The van der Waals surface area contributed by atoms with E-state index in [1.54, 1.807) is 18.2 Å². The Labute approximate surface area is 214 Å². The van der Waals surface area contributed by atoms with Crippen LogP contribution in [0.4, 0.5) is 26.3 Å². The first-order chi connectivity index (χ1) is 17.4. The van der Waals surface area contributed by atoms with Crippen LogP contribution in [0.5, 0.6) is 5.88 Å². The summed E-state index contributed by atoms with van der Waals surface area (Å²) in [7, 11) is -9.01. The molecule has 2 aliphatic carbocycles. The average molecular weight is 589 g/mol. The van der Waals surface area contributed by atoms with Crippen molar-refractivity contribution in [3.8, 4) is 17.1 Å². The quantitative estimate of drug-likeness (QED) is 0.334. The van der Waals surface area contributed by atoms with E-state index in [1.807, 2.05) is 0 Å². The van der Waals surface area contributed by atoms with Crippen molar-refractivity contribution in [2.75, 3.05) is 13.1 Å². The smallest absolute Gasteiger partial charge is 0.356 e. The Morgan fingerprint density at radius 2 is 1.71 bits per heavy atom. The van der Waals surface area contributed by atoms with Crippen LogP contribution < -0.4 is 8.91 Å². The Kier molecular flexibility index (Phi) is 6.13. The molecular formula is C21H22F6N4O5S2. The Bertz CT molecular complexity index is 1490. The number of nitrogens with zero attached hydrogens (tertiary/aromatic N) is 3. The molecule has 17 heteroatoms. The first-order valence-corrected chi connectivity index (χ1v) is 14.3. The van der Waals surface area contributed by atoms with Gasteiger partial charge in [0, 0.05) is 25.2 Å². The normalized spacial score (nSPS) is 27.4. The first kappa shape index (κ1) is 27.2. The molecule has 1 aromatic heterocycles. The third kappa shape index (κ3) is 4.66. The van der Waals surface area contributed by atoms with Crippen LogP contribution in [0.1, 0.15) is 24.0 Å². The molecule has 3 aliphatic rings. The van der Waals surface area contributed by atoms with Gasteiger partial charge in [-0.3, -0.25) is 0 Å². The molecular weight excluding hydrogens is 566 g/mol. The van der Waals surface area contributed by atoms with E-state index in [4.69, 9.17) is 0 Å². The second-order valence-corrected chi connectivity index (χ2v) is 13.1. The number of hydrogen-bond donors (Lipinski definition) is 1. The number of fused-ring (bicyclic) bond motifs is 1. The van der Waals surface area contributed by atoms with Crippen molar-refractivity contribution >= 4 is 20.3 Å². The minimum Gasteiger partial charge on any atom is -0.356 e. The maximum Gasteiger partial charge on any atom is 0.534 e. The van der Waals surface area contributed by atoms with Crippen LogP contribution in [0, 0.1) is 11.8 Å². The molecule has 0 amide bonds. The number of alkyl halides is 6. The molecule has 1 spiro atoms. The van der Waals surface area contributed by atoms with Crippen LogP contribution in [0.15, 0.2) is 24.3 Å². The molecule has 0 unspecified atom stereocenters. The van der Waals surface area contributed by atoms with Gasteiger partial charge in [-0.15, -0.1) is 0 Å². The van der Waals surface area contributed by atoms with Gasteiger partial charge in [-0.2, -0.15) is 57.3 Å². The zero-order valence-corrected chi connectivity index (χ0v) is 21.3. The number of rotatable bonds is 4. The highest BCUT2D eigenvalue weighted by molar-refractivity contribution is 7.88. The fraction of sp³-hybridized carbons (Fsp3) is 0.571. The van der Waals surface area contributed by atoms with Crippen molar-refractivity contribution in [2.24, 2.45) is 18.9 Å². The number of nitrogens with one attached hydrogen (secondary N) is 1. The zero-order chi connectivity index (χ0) is 27.9. The van der Waals surface area contributed by atoms with E-state index in [0.717, 1.165) is 21.9 Å². The Hall–Kier alpha value is -2.37. The van der Waals surface area contributed by atoms with Crippen LogP contribution in [-0.4, -0.2) is 61.2 Å². The minimum atomic E-state index is -5.90. The van der Waals surface area contributed by atoms with Gasteiger partial charge in [0.15, 0.2) is 0 Å². The summed E-state index contributed by atoms with van der Waals surface area (Å²) in [6.07, 6.45) is -2.65. The van der Waals surface area contributed by atoms with Crippen LogP contribution in [0.25, 0.3) is 11.3 Å².